The van der Waals surface area contributed by atoms with Gasteiger partial charge in [0, 0.05) is 0 Å². The van der Waals surface area contributed by atoms with Gasteiger partial charge >= 0.3 is 0 Å². The van der Waals surface area contributed by atoms with Crippen molar-refractivity contribution >= 4 is 21.7 Å². The number of pyridine rings is 1. The lowest BCUT2D eigenvalue weighted by Gasteiger charge is -1.97. The van der Waals surface area contributed by atoms with Gasteiger partial charge in [0.1, 0.15) is 11.5 Å². The number of aromatic nitrogens is 1. The maximum absolute atomic E-state index is 5.55. The maximum Gasteiger partial charge on any atom is 0.166 e. The van der Waals surface area contributed by atoms with Crippen LogP contribution >= 0.6 is 15.9 Å². The molecule has 2 heterocycles. The minimum absolute atomic E-state index is 0.487. The van der Waals surface area contributed by atoms with E-state index in [0.717, 1.165) is 10.2 Å². The molecule has 0 radical (unpaired) electrons. The summed E-state index contributed by atoms with van der Waals surface area (Å²) in [5.41, 5.74) is 6.28. The van der Waals surface area contributed by atoms with Crippen LogP contribution in [0.5, 0.6) is 0 Å². The van der Waals surface area contributed by atoms with E-state index in [2.05, 4.69) is 20.9 Å². The fourth-order valence-corrected chi connectivity index (χ4v) is 1.46. The number of rotatable bonds is 1. The van der Waals surface area contributed by atoms with Gasteiger partial charge in [-0.2, -0.15) is 0 Å². The standard InChI is InChI=1S/C9H7BrN2O/c10-6-4-5-13-9(6)7-2-1-3-8(11)12-7/h1-5H,(H2,11,12). The zero-order chi connectivity index (χ0) is 9.26. The zero-order valence-electron chi connectivity index (χ0n) is 6.70. The molecule has 0 spiro atoms. The van der Waals surface area contributed by atoms with Gasteiger partial charge < -0.3 is 10.2 Å². The van der Waals surface area contributed by atoms with E-state index in [-0.39, 0.29) is 0 Å². The van der Waals surface area contributed by atoms with Crippen LogP contribution in [0.15, 0.2) is 39.4 Å². The summed E-state index contributed by atoms with van der Waals surface area (Å²) in [5.74, 6) is 1.19. The Hall–Kier alpha value is -1.29. The van der Waals surface area contributed by atoms with E-state index in [1.165, 1.54) is 0 Å². The highest BCUT2D eigenvalue weighted by Gasteiger charge is 2.07. The van der Waals surface area contributed by atoms with E-state index in [0.29, 0.717) is 11.6 Å². The highest BCUT2D eigenvalue weighted by molar-refractivity contribution is 9.10. The van der Waals surface area contributed by atoms with Crippen molar-refractivity contribution in [1.82, 2.24) is 4.98 Å². The maximum atomic E-state index is 5.55. The van der Waals surface area contributed by atoms with Gasteiger partial charge in [-0.3, -0.25) is 0 Å². The third-order valence-electron chi connectivity index (χ3n) is 1.62. The molecule has 2 aromatic rings. The first-order chi connectivity index (χ1) is 6.27. The van der Waals surface area contributed by atoms with Crippen molar-refractivity contribution in [3.05, 3.63) is 35.0 Å². The van der Waals surface area contributed by atoms with E-state index in [1.807, 2.05) is 18.2 Å². The van der Waals surface area contributed by atoms with Gasteiger partial charge in [-0.05, 0) is 34.1 Å². The van der Waals surface area contributed by atoms with Crippen molar-refractivity contribution in [3.8, 4) is 11.5 Å². The summed E-state index contributed by atoms with van der Waals surface area (Å²) >= 11 is 3.35. The third kappa shape index (κ3) is 1.58. The molecule has 0 fully saturated rings. The predicted octanol–water partition coefficient (Wildman–Crippen LogP) is 2.69. The molecule has 0 aliphatic carbocycles. The molecule has 0 aliphatic heterocycles. The van der Waals surface area contributed by atoms with Crippen LogP contribution in [0.1, 0.15) is 0 Å². The van der Waals surface area contributed by atoms with Gasteiger partial charge in [0.15, 0.2) is 5.76 Å². The summed E-state index contributed by atoms with van der Waals surface area (Å²) < 4.78 is 6.12. The summed E-state index contributed by atoms with van der Waals surface area (Å²) in [5, 5.41) is 0. The van der Waals surface area contributed by atoms with Crippen LogP contribution in [0, 0.1) is 0 Å². The number of hydrogen-bond acceptors (Lipinski definition) is 3. The first-order valence-corrected chi connectivity index (χ1v) is 4.52. The van der Waals surface area contributed by atoms with Crippen LogP contribution in [0.4, 0.5) is 5.82 Å². The molecule has 2 N–H and O–H groups in total. The predicted molar refractivity (Wildman–Crippen MR) is 54.1 cm³/mol. The van der Waals surface area contributed by atoms with Gasteiger partial charge in [0.2, 0.25) is 0 Å². The minimum Gasteiger partial charge on any atom is -0.461 e. The van der Waals surface area contributed by atoms with Gasteiger partial charge in [-0.1, -0.05) is 6.07 Å². The molecule has 2 aromatic heterocycles. The lowest BCUT2D eigenvalue weighted by Crippen LogP contribution is -1.90. The van der Waals surface area contributed by atoms with Crippen molar-refractivity contribution < 1.29 is 4.42 Å². The van der Waals surface area contributed by atoms with Crippen molar-refractivity contribution in [2.75, 3.05) is 5.73 Å². The Morgan fingerprint density at radius 3 is 2.77 bits per heavy atom. The van der Waals surface area contributed by atoms with Crippen LogP contribution < -0.4 is 5.73 Å². The SMILES string of the molecule is Nc1cccc(-c2occc2Br)n1. The summed E-state index contributed by atoms with van der Waals surface area (Å²) in [6, 6.07) is 7.24. The molecule has 0 unspecified atom stereocenters. The van der Waals surface area contributed by atoms with Gasteiger partial charge in [-0.25, -0.2) is 4.98 Å². The number of nitrogens with two attached hydrogens (primary N) is 1. The van der Waals surface area contributed by atoms with Crippen LogP contribution in [-0.4, -0.2) is 4.98 Å². The largest absolute Gasteiger partial charge is 0.461 e. The molecule has 66 valence electrons. The van der Waals surface area contributed by atoms with Crippen LogP contribution in [0.25, 0.3) is 11.5 Å². The lowest BCUT2D eigenvalue weighted by atomic mass is 10.3. The van der Waals surface area contributed by atoms with Gasteiger partial charge in [0.05, 0.1) is 10.7 Å². The summed E-state index contributed by atoms with van der Waals surface area (Å²) in [6.07, 6.45) is 1.60. The van der Waals surface area contributed by atoms with E-state index < -0.39 is 0 Å². The number of nitrogen functional groups attached to an aromatic ring is 1. The second kappa shape index (κ2) is 3.22. The Morgan fingerprint density at radius 2 is 2.15 bits per heavy atom. The molecule has 0 saturated carbocycles. The van der Waals surface area contributed by atoms with Crippen LogP contribution in [-0.2, 0) is 0 Å². The number of halogens is 1. The van der Waals surface area contributed by atoms with Crippen LogP contribution in [0.3, 0.4) is 0 Å². The van der Waals surface area contributed by atoms with Gasteiger partial charge in [0.25, 0.3) is 0 Å². The Morgan fingerprint density at radius 1 is 1.31 bits per heavy atom. The fourth-order valence-electron chi connectivity index (χ4n) is 1.05. The van der Waals surface area contributed by atoms with E-state index in [9.17, 15) is 0 Å². The monoisotopic (exact) mass is 238 g/mol. The van der Waals surface area contributed by atoms with Gasteiger partial charge in [-0.15, -0.1) is 0 Å². The molecule has 3 nitrogen and oxygen atoms in total. The van der Waals surface area contributed by atoms with E-state index in [1.54, 1.807) is 12.3 Å². The van der Waals surface area contributed by atoms with Crippen molar-refractivity contribution in [2.45, 2.75) is 0 Å². The van der Waals surface area contributed by atoms with Crippen LogP contribution in [0.2, 0.25) is 0 Å². The second-order valence-corrected chi connectivity index (χ2v) is 3.40. The molecule has 0 saturated heterocycles. The highest BCUT2D eigenvalue weighted by atomic mass is 79.9. The zero-order valence-corrected chi connectivity index (χ0v) is 8.28. The normalized spacial score (nSPS) is 10.2. The second-order valence-electron chi connectivity index (χ2n) is 2.55. The molecule has 0 amide bonds. The molecule has 0 aliphatic rings. The van der Waals surface area contributed by atoms with Crippen molar-refractivity contribution in [3.63, 3.8) is 0 Å². The molecule has 0 bridgehead atoms. The lowest BCUT2D eigenvalue weighted by molar-refractivity contribution is 0.579. The molecule has 0 atom stereocenters. The number of nitrogens with zero attached hydrogens (tertiary/aromatic N) is 1. The minimum atomic E-state index is 0.487. The Bertz CT molecular complexity index is 425. The Balaban J connectivity index is 2.53. The Labute approximate surface area is 83.7 Å². The summed E-state index contributed by atoms with van der Waals surface area (Å²) in [7, 11) is 0. The Kier molecular flexibility index (Phi) is 2.06. The average Bonchev–Trinajstić information content (AvgIpc) is 2.51. The molecule has 13 heavy (non-hydrogen) atoms. The fraction of sp³-hybridized carbons (Fsp3) is 0. The number of furan rings is 1. The van der Waals surface area contributed by atoms with Crippen molar-refractivity contribution in [1.29, 1.82) is 0 Å². The molecular formula is C9H7BrN2O. The first-order valence-electron chi connectivity index (χ1n) is 3.73. The van der Waals surface area contributed by atoms with E-state index in [4.69, 9.17) is 10.2 Å². The quantitative estimate of drug-likeness (QED) is 0.832. The molecule has 0 aromatic carbocycles. The summed E-state index contributed by atoms with van der Waals surface area (Å²) in [4.78, 5) is 4.13. The summed E-state index contributed by atoms with van der Waals surface area (Å²) in [6.45, 7) is 0. The topological polar surface area (TPSA) is 52.0 Å². The van der Waals surface area contributed by atoms with E-state index >= 15 is 0 Å². The number of hydrogen-bond donors (Lipinski definition) is 1. The highest BCUT2D eigenvalue weighted by Crippen LogP contribution is 2.27. The van der Waals surface area contributed by atoms with Crippen molar-refractivity contribution in [2.24, 2.45) is 0 Å². The molecule has 2 rings (SSSR count). The molecular weight excluding hydrogens is 232 g/mol. The first kappa shape index (κ1) is 8.31. The molecule has 4 heteroatoms. The third-order valence-corrected chi connectivity index (χ3v) is 2.24. The average molecular weight is 239 g/mol. The number of anilines is 1. The smallest absolute Gasteiger partial charge is 0.166 e.